The van der Waals surface area contributed by atoms with E-state index in [-0.39, 0.29) is 25.8 Å². The van der Waals surface area contributed by atoms with Gasteiger partial charge in [-0.05, 0) is 70.6 Å². The third-order valence-corrected chi connectivity index (χ3v) is 9.36. The molecule has 0 saturated carbocycles. The minimum absolute atomic E-state index is 0.0822. The topological polar surface area (TPSA) is 91.3 Å². The zero-order valence-electron chi connectivity index (χ0n) is 33.6. The first-order chi connectivity index (χ1) is 24.6. The Kier molecular flexibility index (Phi) is 34.4. The van der Waals surface area contributed by atoms with Crippen LogP contribution in [0.4, 0.5) is 0 Å². The number of ether oxygens (including phenoxy) is 2. The smallest absolute Gasteiger partial charge is 0.457 e. The monoisotopic (exact) mass is 741 g/mol. The third kappa shape index (κ3) is 39.5. The van der Waals surface area contributed by atoms with Gasteiger partial charge in [0.1, 0.15) is 19.3 Å². The van der Waals surface area contributed by atoms with Crippen LogP contribution in [0.1, 0.15) is 155 Å². The summed E-state index contributed by atoms with van der Waals surface area (Å²) in [5.41, 5.74) is 0. The fraction of sp³-hybridized carbons (Fsp3) is 0.786. The van der Waals surface area contributed by atoms with Gasteiger partial charge in [0.2, 0.25) is 0 Å². The molecule has 0 aromatic heterocycles. The van der Waals surface area contributed by atoms with Crippen molar-refractivity contribution in [1.29, 1.82) is 0 Å². The van der Waals surface area contributed by atoms with Crippen LogP contribution in [0.5, 0.6) is 0 Å². The molecule has 298 valence electrons. The summed E-state index contributed by atoms with van der Waals surface area (Å²) in [5, 5.41) is 0. The number of phosphoric ester groups is 1. The molecular formula is C42H79NO7P+. The summed E-state index contributed by atoms with van der Waals surface area (Å²) in [6.45, 7) is 5.45. The number of carbonyl (C=O) groups is 1. The van der Waals surface area contributed by atoms with Crippen LogP contribution in [0.3, 0.4) is 0 Å². The summed E-state index contributed by atoms with van der Waals surface area (Å²) in [4.78, 5) is 22.8. The number of esters is 1. The zero-order chi connectivity index (χ0) is 37.7. The lowest BCUT2D eigenvalue weighted by Crippen LogP contribution is -2.37. The highest BCUT2D eigenvalue weighted by Gasteiger charge is 2.26. The first-order valence-electron chi connectivity index (χ1n) is 20.4. The quantitative estimate of drug-likeness (QED) is 0.0223. The number of hydrogen-bond donors (Lipinski definition) is 1. The van der Waals surface area contributed by atoms with E-state index in [0.717, 1.165) is 70.6 Å². The molecule has 8 nitrogen and oxygen atoms in total. The molecule has 0 spiro atoms. The first-order valence-corrected chi connectivity index (χ1v) is 21.9. The van der Waals surface area contributed by atoms with Crippen LogP contribution in [0.2, 0.25) is 0 Å². The Morgan fingerprint density at radius 1 is 0.627 bits per heavy atom. The number of carbonyl (C=O) groups excluding carboxylic acids is 1. The van der Waals surface area contributed by atoms with Crippen molar-refractivity contribution >= 4 is 13.8 Å². The maximum absolute atomic E-state index is 12.6. The molecule has 2 atom stereocenters. The minimum atomic E-state index is -4.28. The molecule has 0 radical (unpaired) electrons. The molecule has 51 heavy (non-hydrogen) atoms. The standard InChI is InChI=1S/C42H78NO7P/c1-6-8-10-12-14-16-18-20-22-23-25-27-29-31-33-35-42(44)50-41(40-49-51(45,46)48-38-36-43(3,4)5)39-47-37-34-32-30-28-26-24-21-19-17-15-13-11-9-7-2/h8,10,14,16-17,19-20,22,41H,6-7,9,11-13,15,18,21,23-40H2,1-5H3/p+1/b10-8-,16-14-,19-17-,22-20-. The molecule has 0 fully saturated rings. The predicted octanol–water partition coefficient (Wildman–Crippen LogP) is 11.6. The Bertz CT molecular complexity index is 957. The number of nitrogens with zero attached hydrogens (tertiary/aromatic N) is 1. The SMILES string of the molecule is CC/C=C\C/C=C\C/C=C\CCCCCCCC(=O)OC(COCCCCCCCC/C=C\CCCCCC)COP(=O)(O)OCC[N+](C)(C)C. The Balaban J connectivity index is 4.32. The maximum Gasteiger partial charge on any atom is 0.472 e. The van der Waals surface area contributed by atoms with Crippen LogP contribution in [0.15, 0.2) is 48.6 Å². The molecule has 0 bridgehead atoms. The van der Waals surface area contributed by atoms with E-state index in [0.29, 0.717) is 24.1 Å². The van der Waals surface area contributed by atoms with Gasteiger partial charge in [-0.1, -0.05) is 127 Å². The average molecular weight is 741 g/mol. The van der Waals surface area contributed by atoms with Gasteiger partial charge in [-0.3, -0.25) is 13.8 Å². The van der Waals surface area contributed by atoms with Crippen molar-refractivity contribution < 1.29 is 37.3 Å². The highest BCUT2D eigenvalue weighted by atomic mass is 31.2. The van der Waals surface area contributed by atoms with Crippen molar-refractivity contribution in [3.8, 4) is 0 Å². The molecule has 0 aromatic rings. The van der Waals surface area contributed by atoms with Gasteiger partial charge in [-0.2, -0.15) is 0 Å². The highest BCUT2D eigenvalue weighted by molar-refractivity contribution is 7.47. The zero-order valence-corrected chi connectivity index (χ0v) is 34.5. The van der Waals surface area contributed by atoms with Crippen LogP contribution in [-0.2, 0) is 27.9 Å². The molecule has 0 heterocycles. The number of likely N-dealkylation sites (N-methyl/N-ethyl adjacent to an activating group) is 1. The number of allylic oxidation sites excluding steroid dienone is 8. The third-order valence-electron chi connectivity index (χ3n) is 8.37. The molecule has 0 amide bonds. The summed E-state index contributed by atoms with van der Waals surface area (Å²) in [5.74, 6) is -0.335. The van der Waals surface area contributed by atoms with E-state index in [9.17, 15) is 14.3 Å². The fourth-order valence-electron chi connectivity index (χ4n) is 5.21. The second-order valence-corrected chi connectivity index (χ2v) is 16.1. The number of unbranched alkanes of at least 4 members (excludes halogenated alkanes) is 15. The molecule has 2 unspecified atom stereocenters. The molecule has 0 aliphatic rings. The lowest BCUT2D eigenvalue weighted by molar-refractivity contribution is -0.870. The lowest BCUT2D eigenvalue weighted by atomic mass is 10.1. The van der Waals surface area contributed by atoms with Gasteiger partial charge >= 0.3 is 13.8 Å². The summed E-state index contributed by atoms with van der Waals surface area (Å²) in [7, 11) is 1.64. The molecule has 0 rings (SSSR count). The Morgan fingerprint density at radius 2 is 1.14 bits per heavy atom. The van der Waals surface area contributed by atoms with Crippen molar-refractivity contribution in [3.63, 3.8) is 0 Å². The summed E-state index contributed by atoms with van der Waals surface area (Å²) >= 11 is 0. The second kappa shape index (κ2) is 35.5. The maximum atomic E-state index is 12.6. The van der Waals surface area contributed by atoms with E-state index in [2.05, 4.69) is 62.5 Å². The van der Waals surface area contributed by atoms with Gasteiger partial charge in [0.15, 0.2) is 0 Å². The van der Waals surface area contributed by atoms with Gasteiger partial charge in [0.25, 0.3) is 0 Å². The molecule has 0 aliphatic carbocycles. The number of phosphoric acid groups is 1. The Morgan fingerprint density at radius 3 is 1.73 bits per heavy atom. The van der Waals surface area contributed by atoms with Crippen molar-refractivity contribution in [3.05, 3.63) is 48.6 Å². The number of hydrogen-bond acceptors (Lipinski definition) is 6. The first kappa shape index (κ1) is 49.5. The van der Waals surface area contributed by atoms with Crippen molar-refractivity contribution in [2.75, 3.05) is 54.1 Å². The van der Waals surface area contributed by atoms with E-state index in [4.69, 9.17) is 18.5 Å². The van der Waals surface area contributed by atoms with Crippen molar-refractivity contribution in [2.24, 2.45) is 0 Å². The molecule has 0 aliphatic heterocycles. The largest absolute Gasteiger partial charge is 0.472 e. The Hall–Kier alpha value is -1.54. The van der Waals surface area contributed by atoms with Crippen LogP contribution < -0.4 is 0 Å². The van der Waals surface area contributed by atoms with E-state index in [1.165, 1.54) is 64.2 Å². The van der Waals surface area contributed by atoms with Gasteiger partial charge in [-0.25, -0.2) is 4.57 Å². The van der Waals surface area contributed by atoms with E-state index < -0.39 is 13.9 Å². The summed E-state index contributed by atoms with van der Waals surface area (Å²) in [6.07, 6.45) is 41.4. The van der Waals surface area contributed by atoms with Gasteiger partial charge in [0, 0.05) is 13.0 Å². The molecule has 9 heteroatoms. The van der Waals surface area contributed by atoms with Crippen LogP contribution >= 0.6 is 7.82 Å². The van der Waals surface area contributed by atoms with Crippen LogP contribution in [0.25, 0.3) is 0 Å². The highest BCUT2D eigenvalue weighted by Crippen LogP contribution is 2.43. The fourth-order valence-corrected chi connectivity index (χ4v) is 5.95. The number of quaternary nitrogens is 1. The second-order valence-electron chi connectivity index (χ2n) is 14.6. The molecule has 1 N–H and O–H groups in total. The van der Waals surface area contributed by atoms with Crippen LogP contribution in [-0.4, -0.2) is 75.6 Å². The molecule has 0 saturated heterocycles. The minimum Gasteiger partial charge on any atom is -0.457 e. The molecular weight excluding hydrogens is 661 g/mol. The predicted molar refractivity (Wildman–Crippen MR) is 215 cm³/mol. The van der Waals surface area contributed by atoms with Crippen molar-refractivity contribution in [1.82, 2.24) is 0 Å². The number of rotatable bonds is 37. The van der Waals surface area contributed by atoms with E-state index in [1.54, 1.807) is 0 Å². The van der Waals surface area contributed by atoms with Gasteiger partial charge in [-0.15, -0.1) is 0 Å². The van der Waals surface area contributed by atoms with Crippen LogP contribution in [0, 0.1) is 0 Å². The van der Waals surface area contributed by atoms with Crippen molar-refractivity contribution in [2.45, 2.75) is 161 Å². The lowest BCUT2D eigenvalue weighted by Gasteiger charge is -2.24. The van der Waals surface area contributed by atoms with E-state index >= 15 is 0 Å². The summed E-state index contributed by atoms with van der Waals surface area (Å²) < 4.78 is 34.9. The van der Waals surface area contributed by atoms with Gasteiger partial charge < -0.3 is 18.9 Å². The molecule has 0 aromatic carbocycles. The normalized spacial score (nSPS) is 14.4. The summed E-state index contributed by atoms with van der Waals surface area (Å²) in [6, 6.07) is 0. The Labute approximate surface area is 314 Å². The van der Waals surface area contributed by atoms with E-state index in [1.807, 2.05) is 21.1 Å². The van der Waals surface area contributed by atoms with Gasteiger partial charge in [0.05, 0.1) is 34.4 Å². The average Bonchev–Trinajstić information content (AvgIpc) is 3.08.